The van der Waals surface area contributed by atoms with E-state index in [0.29, 0.717) is 25.2 Å². The Bertz CT molecular complexity index is 668. The molecule has 0 saturated carbocycles. The second kappa shape index (κ2) is 8.68. The molecular weight excluding hydrogens is 334 g/mol. The van der Waals surface area contributed by atoms with Gasteiger partial charge in [-0.1, -0.05) is 0 Å². The van der Waals surface area contributed by atoms with Crippen LogP contribution in [0, 0.1) is 0 Å². The Morgan fingerprint density at radius 1 is 1.21 bits per heavy atom. The predicted molar refractivity (Wildman–Crippen MR) is 88.8 cm³/mol. The number of nitrogens with zero attached hydrogens (tertiary/aromatic N) is 1. The molecular formula is C16H23NO6S. The van der Waals surface area contributed by atoms with Gasteiger partial charge in [0.1, 0.15) is 11.8 Å². The third kappa shape index (κ3) is 6.19. The van der Waals surface area contributed by atoms with Gasteiger partial charge in [0.05, 0.1) is 11.5 Å². The minimum Gasteiger partial charge on any atom is -0.494 e. The maximum atomic E-state index is 11.8. The first-order chi connectivity index (χ1) is 11.1. The second-order valence-corrected chi connectivity index (χ2v) is 7.58. The average molecular weight is 357 g/mol. The van der Waals surface area contributed by atoms with Crippen LogP contribution in [0.1, 0.15) is 26.2 Å². The minimum atomic E-state index is -3.22. The van der Waals surface area contributed by atoms with Crippen molar-refractivity contribution >= 4 is 21.7 Å². The zero-order valence-electron chi connectivity index (χ0n) is 14.1. The molecule has 8 heteroatoms. The van der Waals surface area contributed by atoms with Crippen LogP contribution in [0.15, 0.2) is 29.2 Å². The van der Waals surface area contributed by atoms with Crippen molar-refractivity contribution < 1.29 is 27.9 Å². The molecule has 0 radical (unpaired) electrons. The number of amides is 1. The van der Waals surface area contributed by atoms with Crippen LogP contribution in [0.3, 0.4) is 0 Å². The van der Waals surface area contributed by atoms with E-state index >= 15 is 0 Å². The van der Waals surface area contributed by atoms with E-state index in [1.165, 1.54) is 31.0 Å². The largest absolute Gasteiger partial charge is 0.494 e. The molecule has 0 heterocycles. The van der Waals surface area contributed by atoms with Gasteiger partial charge in [0.25, 0.3) is 0 Å². The van der Waals surface area contributed by atoms with Crippen molar-refractivity contribution in [2.45, 2.75) is 37.1 Å². The molecule has 134 valence electrons. The number of sulfone groups is 1. The molecule has 1 rings (SSSR count). The summed E-state index contributed by atoms with van der Waals surface area (Å²) in [5.74, 6) is -0.695. The Balaban J connectivity index is 2.31. The van der Waals surface area contributed by atoms with E-state index in [4.69, 9.17) is 9.84 Å². The van der Waals surface area contributed by atoms with E-state index in [2.05, 4.69) is 0 Å². The molecule has 1 unspecified atom stereocenters. The highest BCUT2D eigenvalue weighted by atomic mass is 32.2. The minimum absolute atomic E-state index is 0.220. The predicted octanol–water partition coefficient (Wildman–Crippen LogP) is 1.57. The fourth-order valence-corrected chi connectivity index (χ4v) is 2.54. The van der Waals surface area contributed by atoms with Crippen LogP contribution >= 0.6 is 0 Å². The van der Waals surface area contributed by atoms with Crippen molar-refractivity contribution in [1.82, 2.24) is 4.90 Å². The zero-order chi connectivity index (χ0) is 18.3. The molecule has 1 atom stereocenters. The smallest absolute Gasteiger partial charge is 0.326 e. The van der Waals surface area contributed by atoms with Crippen LogP contribution in [0.2, 0.25) is 0 Å². The molecule has 0 aliphatic carbocycles. The molecule has 1 N–H and O–H groups in total. The lowest BCUT2D eigenvalue weighted by atomic mass is 10.2. The van der Waals surface area contributed by atoms with Gasteiger partial charge in [0, 0.05) is 19.7 Å². The van der Waals surface area contributed by atoms with E-state index in [1.807, 2.05) is 0 Å². The van der Waals surface area contributed by atoms with Gasteiger partial charge in [-0.15, -0.1) is 0 Å². The monoisotopic (exact) mass is 357 g/mol. The van der Waals surface area contributed by atoms with E-state index in [1.54, 1.807) is 12.1 Å². The van der Waals surface area contributed by atoms with Crippen LogP contribution in [0.25, 0.3) is 0 Å². The van der Waals surface area contributed by atoms with E-state index in [0.717, 1.165) is 6.26 Å². The molecule has 24 heavy (non-hydrogen) atoms. The summed E-state index contributed by atoms with van der Waals surface area (Å²) in [6.07, 6.45) is 2.61. The van der Waals surface area contributed by atoms with Gasteiger partial charge >= 0.3 is 5.97 Å². The number of benzene rings is 1. The van der Waals surface area contributed by atoms with Crippen LogP contribution in [0.4, 0.5) is 0 Å². The number of hydrogen-bond acceptors (Lipinski definition) is 5. The highest BCUT2D eigenvalue weighted by molar-refractivity contribution is 7.90. The molecule has 0 aliphatic heterocycles. The van der Waals surface area contributed by atoms with E-state index in [9.17, 15) is 18.0 Å². The number of hydrogen-bond donors (Lipinski definition) is 1. The molecule has 0 aromatic heterocycles. The van der Waals surface area contributed by atoms with Crippen LogP contribution in [-0.4, -0.2) is 56.3 Å². The lowest BCUT2D eigenvalue weighted by Crippen LogP contribution is -2.40. The normalized spacial score (nSPS) is 12.5. The summed E-state index contributed by atoms with van der Waals surface area (Å²) >= 11 is 0. The number of rotatable bonds is 9. The summed E-state index contributed by atoms with van der Waals surface area (Å²) in [6.45, 7) is 1.85. The highest BCUT2D eigenvalue weighted by Gasteiger charge is 2.20. The lowest BCUT2D eigenvalue weighted by Gasteiger charge is -2.21. The summed E-state index contributed by atoms with van der Waals surface area (Å²) in [7, 11) is -1.75. The summed E-state index contributed by atoms with van der Waals surface area (Å²) in [4.78, 5) is 24.1. The van der Waals surface area contributed by atoms with Crippen molar-refractivity contribution in [3.8, 4) is 5.75 Å². The molecule has 0 fully saturated rings. The highest BCUT2D eigenvalue weighted by Crippen LogP contribution is 2.16. The van der Waals surface area contributed by atoms with Crippen molar-refractivity contribution in [3.05, 3.63) is 24.3 Å². The van der Waals surface area contributed by atoms with Crippen molar-refractivity contribution in [2.75, 3.05) is 19.9 Å². The Kier molecular flexibility index (Phi) is 7.21. The van der Waals surface area contributed by atoms with Gasteiger partial charge in [-0.05, 0) is 44.0 Å². The van der Waals surface area contributed by atoms with Gasteiger partial charge < -0.3 is 14.7 Å². The molecule has 1 amide bonds. The topological polar surface area (TPSA) is 101 Å². The van der Waals surface area contributed by atoms with Gasteiger partial charge in [-0.3, -0.25) is 4.79 Å². The number of ether oxygens (including phenoxy) is 1. The molecule has 1 aromatic rings. The first kappa shape index (κ1) is 20.0. The van der Waals surface area contributed by atoms with Gasteiger partial charge in [-0.2, -0.15) is 0 Å². The average Bonchev–Trinajstić information content (AvgIpc) is 2.52. The number of carboxylic acids is 1. The van der Waals surface area contributed by atoms with E-state index in [-0.39, 0.29) is 17.2 Å². The molecule has 0 spiro atoms. The maximum Gasteiger partial charge on any atom is 0.326 e. The van der Waals surface area contributed by atoms with Crippen molar-refractivity contribution in [2.24, 2.45) is 0 Å². The quantitative estimate of drug-likeness (QED) is 0.673. The lowest BCUT2D eigenvalue weighted by molar-refractivity contribution is -0.148. The number of unbranched alkanes of at least 4 members (excludes halogenated alkanes) is 1. The Hall–Kier alpha value is -2.09. The molecule has 0 aliphatic rings. The third-order valence-corrected chi connectivity index (χ3v) is 4.77. The fourth-order valence-electron chi connectivity index (χ4n) is 1.91. The number of likely N-dealkylation sites (N-methyl/N-ethyl adjacent to an activating group) is 1. The van der Waals surface area contributed by atoms with Crippen molar-refractivity contribution in [3.63, 3.8) is 0 Å². The molecule has 7 nitrogen and oxygen atoms in total. The molecule has 0 bridgehead atoms. The molecule has 1 aromatic carbocycles. The third-order valence-electron chi connectivity index (χ3n) is 3.64. The van der Waals surface area contributed by atoms with Gasteiger partial charge in [0.2, 0.25) is 5.91 Å². The zero-order valence-corrected chi connectivity index (χ0v) is 14.9. The molecule has 0 saturated heterocycles. The summed E-state index contributed by atoms with van der Waals surface area (Å²) in [5.41, 5.74) is 0. The summed E-state index contributed by atoms with van der Waals surface area (Å²) in [5, 5.41) is 8.86. The Morgan fingerprint density at radius 2 is 1.79 bits per heavy atom. The number of aliphatic carboxylic acids is 1. The standard InChI is InChI=1S/C16H23NO6S/c1-12(16(19)20)17(2)15(18)6-4-5-11-23-13-7-9-14(10-8-13)24(3,21)22/h7-10,12H,4-6,11H2,1-3H3,(H,19,20). The first-order valence-corrected chi connectivity index (χ1v) is 9.43. The second-order valence-electron chi connectivity index (χ2n) is 5.57. The number of carboxylic acid groups (broad SMARTS) is 1. The van der Waals surface area contributed by atoms with Crippen LogP contribution in [0.5, 0.6) is 5.75 Å². The number of carbonyl (C=O) groups excluding carboxylic acids is 1. The van der Waals surface area contributed by atoms with Gasteiger partial charge in [0.15, 0.2) is 9.84 Å². The Morgan fingerprint density at radius 3 is 2.29 bits per heavy atom. The Labute approximate surface area is 142 Å². The summed E-state index contributed by atoms with van der Waals surface area (Å²) in [6, 6.07) is 5.29. The van der Waals surface area contributed by atoms with Crippen LogP contribution in [-0.2, 0) is 19.4 Å². The van der Waals surface area contributed by atoms with Gasteiger partial charge in [-0.25, -0.2) is 13.2 Å². The van der Waals surface area contributed by atoms with Crippen molar-refractivity contribution in [1.29, 1.82) is 0 Å². The SMILES string of the molecule is CC(C(=O)O)N(C)C(=O)CCCCOc1ccc(S(C)(=O)=O)cc1. The van der Waals surface area contributed by atoms with Crippen LogP contribution < -0.4 is 4.74 Å². The first-order valence-electron chi connectivity index (χ1n) is 7.54. The van der Waals surface area contributed by atoms with E-state index < -0.39 is 21.8 Å². The summed E-state index contributed by atoms with van der Waals surface area (Å²) < 4.78 is 28.2. The fraction of sp³-hybridized carbons (Fsp3) is 0.500. The number of carbonyl (C=O) groups is 2. The maximum absolute atomic E-state index is 11.8.